The molecule has 0 amide bonds. The van der Waals surface area contributed by atoms with E-state index < -0.39 is 0 Å². The van der Waals surface area contributed by atoms with E-state index >= 15 is 0 Å². The molecular weight excluding hydrogens is 341 g/mol. The molecule has 0 unspecified atom stereocenters. The molecule has 0 fully saturated rings. The van der Waals surface area contributed by atoms with Gasteiger partial charge in [0, 0.05) is 5.57 Å². The van der Waals surface area contributed by atoms with Gasteiger partial charge in [0.25, 0.3) is 0 Å². The minimum absolute atomic E-state index is 0.391. The van der Waals surface area contributed by atoms with E-state index in [2.05, 4.69) is 32.6 Å². The summed E-state index contributed by atoms with van der Waals surface area (Å²) in [5.41, 5.74) is 8.33. The predicted octanol–water partition coefficient (Wildman–Crippen LogP) is 2.70. The van der Waals surface area contributed by atoms with Gasteiger partial charge in [-0.2, -0.15) is 0 Å². The van der Waals surface area contributed by atoms with E-state index in [-0.39, 0.29) is 0 Å². The van der Waals surface area contributed by atoms with Crippen LogP contribution >= 0.6 is 22.6 Å². The van der Waals surface area contributed by atoms with Gasteiger partial charge in [0.2, 0.25) is 0 Å². The van der Waals surface area contributed by atoms with Crippen LogP contribution in [0.5, 0.6) is 0 Å². The average molecular weight is 353 g/mol. The number of methoxy groups -OCH3 is 1. The molecule has 5 heteroatoms. The molecular formula is C13H12IN3O. The van der Waals surface area contributed by atoms with Gasteiger partial charge in [-0.3, -0.25) is 0 Å². The summed E-state index contributed by atoms with van der Waals surface area (Å²) in [6, 6.07) is 9.82. The van der Waals surface area contributed by atoms with Crippen LogP contribution in [0, 0.1) is 3.70 Å². The largest absolute Gasteiger partial charge is 0.504 e. The Labute approximate surface area is 119 Å². The van der Waals surface area contributed by atoms with Crippen LogP contribution < -0.4 is 5.73 Å². The Bertz CT molecular complexity index is 570. The van der Waals surface area contributed by atoms with Crippen LogP contribution in [0.25, 0.3) is 5.57 Å². The van der Waals surface area contributed by atoms with Crippen LogP contribution in [-0.4, -0.2) is 17.1 Å². The Balaban J connectivity index is 2.56. The minimum atomic E-state index is 0.391. The Morgan fingerprint density at radius 3 is 2.72 bits per heavy atom. The van der Waals surface area contributed by atoms with Crippen LogP contribution in [-0.2, 0) is 4.74 Å². The number of hydrogen-bond donors (Lipinski definition) is 1. The van der Waals surface area contributed by atoms with Gasteiger partial charge in [0.05, 0.1) is 19.6 Å². The summed E-state index contributed by atoms with van der Waals surface area (Å²) in [6.07, 6.45) is 3.26. The number of aromatic nitrogens is 2. The molecule has 18 heavy (non-hydrogen) atoms. The van der Waals surface area contributed by atoms with Gasteiger partial charge in [-0.05, 0) is 28.2 Å². The van der Waals surface area contributed by atoms with Gasteiger partial charge in [0.15, 0.2) is 0 Å². The number of halogens is 1. The smallest absolute Gasteiger partial charge is 0.150 e. The zero-order valence-corrected chi connectivity index (χ0v) is 12.0. The SMILES string of the molecule is CO/C=C(/c1ccccc1)c1nc(I)cnc1N. The van der Waals surface area contributed by atoms with Crippen molar-refractivity contribution in [1.82, 2.24) is 9.97 Å². The number of nitrogens with zero attached hydrogens (tertiary/aromatic N) is 2. The average Bonchev–Trinajstić information content (AvgIpc) is 2.40. The Morgan fingerprint density at radius 1 is 1.33 bits per heavy atom. The Kier molecular flexibility index (Phi) is 4.14. The van der Waals surface area contributed by atoms with Crippen molar-refractivity contribution in [1.29, 1.82) is 0 Å². The van der Waals surface area contributed by atoms with E-state index in [9.17, 15) is 0 Å². The van der Waals surface area contributed by atoms with Crippen molar-refractivity contribution in [2.75, 3.05) is 12.8 Å². The van der Waals surface area contributed by atoms with Crippen molar-refractivity contribution in [3.05, 3.63) is 57.7 Å². The van der Waals surface area contributed by atoms with Crippen LogP contribution in [0.2, 0.25) is 0 Å². The highest BCUT2D eigenvalue weighted by Gasteiger charge is 2.12. The number of rotatable bonds is 3. The number of nitrogens with two attached hydrogens (primary N) is 1. The summed E-state index contributed by atoms with van der Waals surface area (Å²) in [5, 5.41) is 0. The van der Waals surface area contributed by atoms with Crippen LogP contribution in [0.3, 0.4) is 0 Å². The van der Waals surface area contributed by atoms with Crippen molar-refractivity contribution in [3.63, 3.8) is 0 Å². The van der Waals surface area contributed by atoms with Gasteiger partial charge >= 0.3 is 0 Å². The maximum Gasteiger partial charge on any atom is 0.150 e. The lowest BCUT2D eigenvalue weighted by Gasteiger charge is -2.09. The van der Waals surface area contributed by atoms with Crippen molar-refractivity contribution in [3.8, 4) is 0 Å². The minimum Gasteiger partial charge on any atom is -0.504 e. The third-order valence-electron chi connectivity index (χ3n) is 2.35. The molecule has 0 bridgehead atoms. The van der Waals surface area contributed by atoms with Gasteiger partial charge in [0.1, 0.15) is 15.2 Å². The zero-order chi connectivity index (χ0) is 13.0. The second-order valence-electron chi connectivity index (χ2n) is 3.56. The normalized spacial score (nSPS) is 11.3. The molecule has 0 radical (unpaired) electrons. The van der Waals surface area contributed by atoms with E-state index in [0.29, 0.717) is 11.5 Å². The lowest BCUT2D eigenvalue weighted by molar-refractivity contribution is 0.340. The van der Waals surface area contributed by atoms with Crippen LogP contribution in [0.4, 0.5) is 5.82 Å². The van der Waals surface area contributed by atoms with Crippen LogP contribution in [0.15, 0.2) is 42.8 Å². The van der Waals surface area contributed by atoms with Crippen molar-refractivity contribution >= 4 is 34.0 Å². The number of nitrogen functional groups attached to an aromatic ring is 1. The summed E-state index contributed by atoms with van der Waals surface area (Å²) in [6.45, 7) is 0. The standard InChI is InChI=1S/C13H12IN3O/c1-18-8-10(9-5-3-2-4-6-9)12-13(15)16-7-11(14)17-12/h2-8H,1H3,(H2,15,16)/b10-8-. The molecule has 0 aliphatic carbocycles. The molecule has 1 heterocycles. The highest BCUT2D eigenvalue weighted by Crippen LogP contribution is 2.25. The first-order valence-corrected chi connectivity index (χ1v) is 6.37. The topological polar surface area (TPSA) is 61.0 Å². The summed E-state index contributed by atoms with van der Waals surface area (Å²) < 4.78 is 5.91. The zero-order valence-electron chi connectivity index (χ0n) is 9.80. The summed E-state index contributed by atoms with van der Waals surface area (Å²) in [7, 11) is 1.60. The van der Waals surface area contributed by atoms with Crippen molar-refractivity contribution < 1.29 is 4.74 Å². The molecule has 1 aromatic heterocycles. The number of hydrogen-bond acceptors (Lipinski definition) is 4. The van der Waals surface area contributed by atoms with E-state index in [1.807, 2.05) is 30.3 Å². The maximum absolute atomic E-state index is 5.88. The van der Waals surface area contributed by atoms with Gasteiger partial charge < -0.3 is 10.5 Å². The lowest BCUT2D eigenvalue weighted by atomic mass is 10.0. The molecule has 2 aromatic rings. The Hall–Kier alpha value is -1.63. The molecule has 0 saturated carbocycles. The molecule has 4 nitrogen and oxygen atoms in total. The molecule has 0 aliphatic rings. The van der Waals surface area contributed by atoms with Gasteiger partial charge in [-0.15, -0.1) is 0 Å². The second-order valence-corrected chi connectivity index (χ2v) is 4.67. The van der Waals surface area contributed by atoms with Gasteiger partial charge in [-0.25, -0.2) is 9.97 Å². The third-order valence-corrected chi connectivity index (χ3v) is 2.87. The molecule has 0 saturated heterocycles. The highest BCUT2D eigenvalue weighted by molar-refractivity contribution is 14.1. The molecule has 2 N–H and O–H groups in total. The Morgan fingerprint density at radius 2 is 2.06 bits per heavy atom. The fourth-order valence-corrected chi connectivity index (χ4v) is 1.95. The second kappa shape index (κ2) is 5.81. The molecule has 0 spiro atoms. The fraction of sp³-hybridized carbons (Fsp3) is 0.0769. The highest BCUT2D eigenvalue weighted by atomic mass is 127. The molecule has 92 valence electrons. The van der Waals surface area contributed by atoms with Crippen molar-refractivity contribution in [2.45, 2.75) is 0 Å². The van der Waals surface area contributed by atoms with Gasteiger partial charge in [-0.1, -0.05) is 30.3 Å². The van der Waals surface area contributed by atoms with Crippen molar-refractivity contribution in [2.24, 2.45) is 0 Å². The van der Waals surface area contributed by atoms with Crippen LogP contribution in [0.1, 0.15) is 11.3 Å². The quantitative estimate of drug-likeness (QED) is 0.681. The first-order valence-electron chi connectivity index (χ1n) is 5.29. The maximum atomic E-state index is 5.88. The monoisotopic (exact) mass is 353 g/mol. The first kappa shape index (κ1) is 12.8. The third kappa shape index (κ3) is 2.79. The molecule has 1 aromatic carbocycles. The number of benzene rings is 1. The predicted molar refractivity (Wildman–Crippen MR) is 79.7 cm³/mol. The van der Waals surface area contributed by atoms with E-state index in [4.69, 9.17) is 10.5 Å². The molecule has 0 aliphatic heterocycles. The summed E-state index contributed by atoms with van der Waals surface area (Å²) in [4.78, 5) is 8.54. The lowest BCUT2D eigenvalue weighted by Crippen LogP contribution is -2.03. The summed E-state index contributed by atoms with van der Waals surface area (Å²) >= 11 is 2.11. The summed E-state index contributed by atoms with van der Waals surface area (Å²) in [5.74, 6) is 0.391. The molecule has 0 atom stereocenters. The number of ether oxygens (including phenoxy) is 1. The van der Waals surface area contributed by atoms with E-state index in [0.717, 1.165) is 14.8 Å². The van der Waals surface area contributed by atoms with E-state index in [1.165, 1.54) is 0 Å². The molecule has 2 rings (SSSR count). The fourth-order valence-electron chi connectivity index (χ4n) is 1.57. The number of anilines is 1. The first-order chi connectivity index (χ1) is 8.72. The van der Waals surface area contributed by atoms with E-state index in [1.54, 1.807) is 19.6 Å².